The fourth-order valence-corrected chi connectivity index (χ4v) is 2.80. The van der Waals surface area contributed by atoms with Gasteiger partial charge >= 0.3 is 6.03 Å². The molecule has 2 aliphatic rings. The van der Waals surface area contributed by atoms with E-state index in [1.54, 1.807) is 4.90 Å². The molecule has 3 N–H and O–H groups in total. The van der Waals surface area contributed by atoms with Crippen molar-refractivity contribution < 1.29 is 19.6 Å². The quantitative estimate of drug-likeness (QED) is 0.364. The van der Waals surface area contributed by atoms with Crippen LogP contribution >= 0.6 is 0 Å². The summed E-state index contributed by atoms with van der Waals surface area (Å²) in [5, 5.41) is 9.69. The molecule has 0 bridgehead atoms. The van der Waals surface area contributed by atoms with Crippen molar-refractivity contribution in [2.45, 2.75) is 60.8 Å². The molecule has 29 heavy (non-hydrogen) atoms. The SMILES string of the molecule is C=C(C)N1CCCC(C(=O)NNC=O)C1.CC.CC.CCN1CCCN(O)C1=O. The molecule has 0 aromatic rings. The van der Waals surface area contributed by atoms with Gasteiger partial charge in [-0.3, -0.25) is 25.6 Å². The highest BCUT2D eigenvalue weighted by atomic mass is 16.5. The Morgan fingerprint density at radius 3 is 2.31 bits per heavy atom. The van der Waals surface area contributed by atoms with Gasteiger partial charge in [0.15, 0.2) is 0 Å². The van der Waals surface area contributed by atoms with Crippen molar-refractivity contribution in [3.63, 3.8) is 0 Å². The van der Waals surface area contributed by atoms with Crippen molar-refractivity contribution in [1.82, 2.24) is 25.7 Å². The van der Waals surface area contributed by atoms with Crippen molar-refractivity contribution in [3.05, 3.63) is 12.3 Å². The Kier molecular flexibility index (Phi) is 17.7. The predicted molar refractivity (Wildman–Crippen MR) is 115 cm³/mol. The first-order chi connectivity index (χ1) is 13.9. The van der Waals surface area contributed by atoms with E-state index in [9.17, 15) is 14.4 Å². The van der Waals surface area contributed by atoms with Gasteiger partial charge in [0.1, 0.15) is 0 Å². The van der Waals surface area contributed by atoms with Gasteiger partial charge in [0.2, 0.25) is 12.3 Å². The third-order valence-electron chi connectivity index (χ3n) is 4.26. The number of hydrazine groups is 1. The molecule has 2 saturated heterocycles. The monoisotopic (exact) mass is 415 g/mol. The zero-order chi connectivity index (χ0) is 22.8. The molecule has 1 unspecified atom stereocenters. The fraction of sp³-hybridized carbons (Fsp3) is 0.750. The van der Waals surface area contributed by atoms with E-state index < -0.39 is 0 Å². The second-order valence-electron chi connectivity index (χ2n) is 6.11. The summed E-state index contributed by atoms with van der Waals surface area (Å²) in [6.45, 7) is 19.2. The third-order valence-corrected chi connectivity index (χ3v) is 4.26. The maximum atomic E-state index is 11.5. The number of rotatable bonds is 5. The van der Waals surface area contributed by atoms with Crippen LogP contribution in [-0.4, -0.2) is 71.1 Å². The Labute approximate surface area is 176 Å². The van der Waals surface area contributed by atoms with Gasteiger partial charge < -0.3 is 9.80 Å². The van der Waals surface area contributed by atoms with Crippen molar-refractivity contribution >= 4 is 18.3 Å². The lowest BCUT2D eigenvalue weighted by atomic mass is 9.97. The van der Waals surface area contributed by atoms with Crippen LogP contribution in [0.4, 0.5) is 4.79 Å². The molecule has 0 spiro atoms. The highest BCUT2D eigenvalue weighted by Crippen LogP contribution is 2.19. The molecular weight excluding hydrogens is 374 g/mol. The lowest BCUT2D eigenvalue weighted by Gasteiger charge is -2.33. The minimum Gasteiger partial charge on any atom is -0.375 e. The number of hydroxylamine groups is 2. The van der Waals surface area contributed by atoms with Crippen molar-refractivity contribution in [3.8, 4) is 0 Å². The summed E-state index contributed by atoms with van der Waals surface area (Å²) in [7, 11) is 0. The van der Waals surface area contributed by atoms with E-state index in [1.807, 2.05) is 41.5 Å². The molecule has 4 amide bonds. The largest absolute Gasteiger partial charge is 0.375 e. The zero-order valence-corrected chi connectivity index (χ0v) is 19.0. The Balaban J connectivity index is 0. The number of hydrogen-bond acceptors (Lipinski definition) is 5. The number of hydrogen-bond donors (Lipinski definition) is 3. The molecule has 9 heteroatoms. The van der Waals surface area contributed by atoms with E-state index in [2.05, 4.69) is 22.3 Å². The van der Waals surface area contributed by atoms with Crippen LogP contribution in [0.3, 0.4) is 0 Å². The van der Waals surface area contributed by atoms with Gasteiger partial charge in [-0.1, -0.05) is 34.3 Å². The van der Waals surface area contributed by atoms with Gasteiger partial charge in [0.05, 0.1) is 12.5 Å². The Bertz CT molecular complexity index is 487. The van der Waals surface area contributed by atoms with Crippen molar-refractivity contribution in [2.75, 3.05) is 32.7 Å². The molecule has 2 fully saturated rings. The highest BCUT2D eigenvalue weighted by Gasteiger charge is 2.25. The molecule has 9 nitrogen and oxygen atoms in total. The minimum atomic E-state index is -0.270. The molecule has 170 valence electrons. The predicted octanol–water partition coefficient (Wildman–Crippen LogP) is 2.58. The van der Waals surface area contributed by atoms with Gasteiger partial charge in [0, 0.05) is 31.9 Å². The Morgan fingerprint density at radius 1 is 1.21 bits per heavy atom. The minimum absolute atomic E-state index is 0.0668. The van der Waals surface area contributed by atoms with Crippen LogP contribution in [0.15, 0.2) is 12.3 Å². The Hall–Kier alpha value is -2.29. The molecule has 0 saturated carbocycles. The van der Waals surface area contributed by atoms with E-state index in [-0.39, 0.29) is 17.9 Å². The van der Waals surface area contributed by atoms with Gasteiger partial charge in [-0.25, -0.2) is 9.86 Å². The number of nitrogens with zero attached hydrogens (tertiary/aromatic N) is 3. The maximum Gasteiger partial charge on any atom is 0.343 e. The first-order valence-electron chi connectivity index (χ1n) is 10.6. The molecule has 0 aliphatic carbocycles. The lowest BCUT2D eigenvalue weighted by Crippen LogP contribution is -2.47. The van der Waals surface area contributed by atoms with Crippen LogP contribution in [0.1, 0.15) is 60.8 Å². The second-order valence-corrected chi connectivity index (χ2v) is 6.11. The summed E-state index contributed by atoms with van der Waals surface area (Å²) >= 11 is 0. The molecule has 0 radical (unpaired) electrons. The van der Waals surface area contributed by atoms with Crippen LogP contribution in [0.5, 0.6) is 0 Å². The molecule has 2 aliphatic heterocycles. The Morgan fingerprint density at radius 2 is 1.83 bits per heavy atom. The van der Waals surface area contributed by atoms with Gasteiger partial charge in [0.25, 0.3) is 0 Å². The standard InChI is InChI=1S/C10H17N3O2.C6H12N2O2.2C2H6/c1-8(2)13-5-3-4-9(6-13)10(15)12-11-7-14;1-2-7-4-3-5-8(10)6(7)9;2*1-2/h7,9H,1,3-6H2,2H3,(H,11,14)(H,12,15);10H,2-5H2,1H3;2*1-2H3. The number of carbonyl (C=O) groups is 3. The summed E-state index contributed by atoms with van der Waals surface area (Å²) < 4.78 is 0. The van der Waals surface area contributed by atoms with Crippen LogP contribution < -0.4 is 10.9 Å². The average molecular weight is 416 g/mol. The number of urea groups is 1. The molecule has 1 atom stereocenters. The molecule has 0 aromatic carbocycles. The van der Waals surface area contributed by atoms with Gasteiger partial charge in [-0.2, -0.15) is 0 Å². The van der Waals surface area contributed by atoms with Crippen LogP contribution in [0, 0.1) is 5.92 Å². The number of likely N-dealkylation sites (tertiary alicyclic amines) is 1. The molecule has 0 aromatic heterocycles. The van der Waals surface area contributed by atoms with E-state index in [0.29, 0.717) is 26.0 Å². The number of nitrogens with one attached hydrogen (secondary N) is 2. The summed E-state index contributed by atoms with van der Waals surface area (Å²) in [6.07, 6.45) is 3.15. The highest BCUT2D eigenvalue weighted by molar-refractivity contribution is 5.79. The third kappa shape index (κ3) is 11.3. The fourth-order valence-electron chi connectivity index (χ4n) is 2.80. The van der Waals surface area contributed by atoms with Crippen LogP contribution in [-0.2, 0) is 9.59 Å². The van der Waals surface area contributed by atoms with E-state index in [0.717, 1.165) is 43.1 Å². The first-order valence-corrected chi connectivity index (χ1v) is 10.6. The molecule has 2 rings (SSSR count). The van der Waals surface area contributed by atoms with Gasteiger partial charge in [-0.15, -0.1) is 0 Å². The molecular formula is C20H41N5O4. The molecule has 2 heterocycles. The second kappa shape index (κ2) is 17.8. The van der Waals surface area contributed by atoms with Crippen molar-refractivity contribution in [1.29, 1.82) is 0 Å². The summed E-state index contributed by atoms with van der Waals surface area (Å²) in [6, 6.07) is -0.270. The maximum absolute atomic E-state index is 11.5. The van der Waals surface area contributed by atoms with E-state index in [4.69, 9.17) is 5.21 Å². The average Bonchev–Trinajstić information content (AvgIpc) is 2.77. The summed E-state index contributed by atoms with van der Waals surface area (Å²) in [5.74, 6) is -0.198. The summed E-state index contributed by atoms with van der Waals surface area (Å²) in [4.78, 5) is 36.2. The van der Waals surface area contributed by atoms with Gasteiger partial charge in [-0.05, 0) is 33.1 Å². The smallest absolute Gasteiger partial charge is 0.343 e. The van der Waals surface area contributed by atoms with E-state index >= 15 is 0 Å². The topological polar surface area (TPSA) is 105 Å². The summed E-state index contributed by atoms with van der Waals surface area (Å²) in [5.41, 5.74) is 5.50. The number of piperidine rings is 1. The lowest BCUT2D eigenvalue weighted by molar-refractivity contribution is -0.129. The van der Waals surface area contributed by atoms with Crippen LogP contribution in [0.25, 0.3) is 0 Å². The first kappa shape index (κ1) is 28.9. The number of carbonyl (C=O) groups excluding carboxylic acids is 3. The number of amides is 4. The van der Waals surface area contributed by atoms with Crippen molar-refractivity contribution in [2.24, 2.45) is 5.92 Å². The zero-order valence-electron chi connectivity index (χ0n) is 19.0. The normalized spacial score (nSPS) is 18.0. The van der Waals surface area contributed by atoms with Crippen LogP contribution in [0.2, 0.25) is 0 Å². The van der Waals surface area contributed by atoms with E-state index in [1.165, 1.54) is 0 Å². The number of allylic oxidation sites excluding steroid dienone is 1.